The molecule has 3 nitrogen and oxygen atoms in total. The molecule has 4 N–H and O–H groups in total. The zero-order chi connectivity index (χ0) is 12.4. The summed E-state index contributed by atoms with van der Waals surface area (Å²) in [4.78, 5) is 0. The fourth-order valence-corrected chi connectivity index (χ4v) is 2.20. The predicted molar refractivity (Wildman–Crippen MR) is 62.7 cm³/mol. The lowest BCUT2D eigenvalue weighted by Crippen LogP contribution is -2.36. The molecular weight excluding hydrogens is 226 g/mol. The molecule has 17 heavy (non-hydrogen) atoms. The molecule has 0 spiro atoms. The fraction of sp³-hybridized carbons (Fsp3) is 0.500. The molecule has 0 radical (unpaired) electrons. The molecular formula is C12H16F2N2O. The van der Waals surface area contributed by atoms with Crippen LogP contribution in [0.3, 0.4) is 0 Å². The second-order valence-corrected chi connectivity index (χ2v) is 4.46. The average Bonchev–Trinajstić information content (AvgIpc) is 2.25. The van der Waals surface area contributed by atoms with Gasteiger partial charge >= 0.3 is 0 Å². The van der Waals surface area contributed by atoms with Crippen molar-refractivity contribution in [1.82, 2.24) is 0 Å². The van der Waals surface area contributed by atoms with E-state index in [0.29, 0.717) is 12.8 Å². The van der Waals surface area contributed by atoms with Crippen LogP contribution in [0.4, 0.5) is 20.2 Å². The fourth-order valence-electron chi connectivity index (χ4n) is 2.20. The van der Waals surface area contributed by atoms with E-state index in [1.54, 1.807) is 0 Å². The number of nitrogens with one attached hydrogen (secondary N) is 1. The Morgan fingerprint density at radius 2 is 1.76 bits per heavy atom. The number of anilines is 2. The summed E-state index contributed by atoms with van der Waals surface area (Å²) in [5.41, 5.74) is 5.18. The third kappa shape index (κ3) is 2.66. The van der Waals surface area contributed by atoms with Crippen LogP contribution in [-0.2, 0) is 0 Å². The van der Waals surface area contributed by atoms with E-state index in [1.165, 1.54) is 0 Å². The van der Waals surface area contributed by atoms with Crippen molar-refractivity contribution in [2.45, 2.75) is 37.8 Å². The Hall–Kier alpha value is -1.36. The summed E-state index contributed by atoms with van der Waals surface area (Å²) < 4.78 is 27.1. The Morgan fingerprint density at radius 3 is 2.35 bits per heavy atom. The maximum Gasteiger partial charge on any atom is 0.151 e. The van der Waals surface area contributed by atoms with Crippen LogP contribution in [0.25, 0.3) is 0 Å². The van der Waals surface area contributed by atoms with E-state index < -0.39 is 17.7 Å². The van der Waals surface area contributed by atoms with Crippen LogP contribution in [0.15, 0.2) is 12.1 Å². The van der Waals surface area contributed by atoms with Crippen molar-refractivity contribution >= 4 is 11.4 Å². The largest absolute Gasteiger partial charge is 0.399 e. The van der Waals surface area contributed by atoms with E-state index in [0.717, 1.165) is 25.0 Å². The topological polar surface area (TPSA) is 58.3 Å². The number of aliphatic hydroxyl groups is 1. The first-order valence-corrected chi connectivity index (χ1v) is 5.77. The molecule has 1 saturated carbocycles. The zero-order valence-electron chi connectivity index (χ0n) is 9.42. The van der Waals surface area contributed by atoms with E-state index in [2.05, 4.69) is 5.32 Å². The van der Waals surface area contributed by atoms with E-state index in [-0.39, 0.29) is 17.4 Å². The van der Waals surface area contributed by atoms with Crippen molar-refractivity contribution in [3.63, 3.8) is 0 Å². The molecule has 2 unspecified atom stereocenters. The molecule has 0 saturated heterocycles. The molecule has 0 amide bonds. The number of benzene rings is 1. The van der Waals surface area contributed by atoms with Crippen LogP contribution in [0.5, 0.6) is 0 Å². The molecule has 1 aliphatic rings. The number of hydrogen-bond donors (Lipinski definition) is 3. The highest BCUT2D eigenvalue weighted by Crippen LogP contribution is 2.27. The van der Waals surface area contributed by atoms with Crippen LogP contribution < -0.4 is 11.1 Å². The Kier molecular flexibility index (Phi) is 3.47. The van der Waals surface area contributed by atoms with Gasteiger partial charge < -0.3 is 16.2 Å². The van der Waals surface area contributed by atoms with Gasteiger partial charge in [0.25, 0.3) is 0 Å². The molecule has 2 rings (SSSR count). The summed E-state index contributed by atoms with van der Waals surface area (Å²) in [5.74, 6) is -1.44. The minimum atomic E-state index is -0.722. The maximum atomic E-state index is 13.5. The van der Waals surface area contributed by atoms with E-state index >= 15 is 0 Å². The van der Waals surface area contributed by atoms with E-state index in [9.17, 15) is 13.9 Å². The summed E-state index contributed by atoms with van der Waals surface area (Å²) in [5, 5.41) is 12.5. The molecule has 0 bridgehead atoms. The Bertz CT molecular complexity index is 388. The summed E-state index contributed by atoms with van der Waals surface area (Å²) in [6, 6.07) is 1.85. The highest BCUT2D eigenvalue weighted by Gasteiger charge is 2.24. The van der Waals surface area contributed by atoms with Gasteiger partial charge in [-0.25, -0.2) is 8.78 Å². The summed E-state index contributed by atoms with van der Waals surface area (Å²) >= 11 is 0. The third-order valence-electron chi connectivity index (χ3n) is 3.12. The lowest BCUT2D eigenvalue weighted by Gasteiger charge is -2.29. The highest BCUT2D eigenvalue weighted by molar-refractivity contribution is 5.54. The summed E-state index contributed by atoms with van der Waals surface area (Å²) in [7, 11) is 0. The van der Waals surface area contributed by atoms with Gasteiger partial charge in [0.2, 0.25) is 0 Å². The van der Waals surface area contributed by atoms with Gasteiger partial charge in [0.1, 0.15) is 5.69 Å². The maximum absolute atomic E-state index is 13.5. The van der Waals surface area contributed by atoms with Gasteiger partial charge in [0.05, 0.1) is 12.1 Å². The first-order chi connectivity index (χ1) is 8.08. The third-order valence-corrected chi connectivity index (χ3v) is 3.12. The van der Waals surface area contributed by atoms with Crippen LogP contribution in [-0.4, -0.2) is 17.3 Å². The first kappa shape index (κ1) is 12.1. The van der Waals surface area contributed by atoms with Crippen molar-refractivity contribution in [1.29, 1.82) is 0 Å². The molecule has 1 fully saturated rings. The van der Waals surface area contributed by atoms with Crippen LogP contribution in [0, 0.1) is 11.6 Å². The van der Waals surface area contributed by atoms with Gasteiger partial charge in [-0.2, -0.15) is 0 Å². The first-order valence-electron chi connectivity index (χ1n) is 5.77. The number of nitrogen functional groups attached to an aromatic ring is 1. The van der Waals surface area contributed by atoms with Crippen LogP contribution >= 0.6 is 0 Å². The summed E-state index contributed by atoms with van der Waals surface area (Å²) in [6.07, 6.45) is 2.72. The predicted octanol–water partition coefficient (Wildman–Crippen LogP) is 2.26. The molecule has 5 heteroatoms. The van der Waals surface area contributed by atoms with Crippen molar-refractivity contribution < 1.29 is 13.9 Å². The van der Waals surface area contributed by atoms with Gasteiger partial charge in [-0.05, 0) is 25.0 Å². The molecule has 94 valence electrons. The van der Waals surface area contributed by atoms with Crippen molar-refractivity contribution in [2.24, 2.45) is 0 Å². The second kappa shape index (κ2) is 4.87. The summed E-state index contributed by atoms with van der Waals surface area (Å²) in [6.45, 7) is 0. The normalized spacial score (nSPS) is 24.6. The van der Waals surface area contributed by atoms with Crippen molar-refractivity contribution in [3.8, 4) is 0 Å². The number of rotatable bonds is 2. The van der Waals surface area contributed by atoms with Crippen molar-refractivity contribution in [2.75, 3.05) is 11.1 Å². The van der Waals surface area contributed by atoms with E-state index in [1.807, 2.05) is 0 Å². The average molecular weight is 242 g/mol. The Balaban J connectivity index is 2.17. The van der Waals surface area contributed by atoms with Gasteiger partial charge in [-0.1, -0.05) is 12.8 Å². The SMILES string of the molecule is Nc1cc(F)c(NC2CCCCC2O)c(F)c1. The van der Waals surface area contributed by atoms with Gasteiger partial charge in [-0.3, -0.25) is 0 Å². The molecule has 2 atom stereocenters. The quantitative estimate of drug-likeness (QED) is 0.697. The standard InChI is InChI=1S/C12H16F2N2O/c13-8-5-7(15)6-9(14)12(8)16-10-3-1-2-4-11(10)17/h5-6,10-11,16-17H,1-4,15H2. The lowest BCUT2D eigenvalue weighted by atomic mass is 9.92. The highest BCUT2D eigenvalue weighted by atomic mass is 19.1. The zero-order valence-corrected chi connectivity index (χ0v) is 9.42. The second-order valence-electron chi connectivity index (χ2n) is 4.46. The molecule has 0 aliphatic heterocycles. The van der Waals surface area contributed by atoms with E-state index in [4.69, 9.17) is 5.73 Å². The molecule has 0 heterocycles. The molecule has 1 aromatic rings. The Labute approximate surface area is 98.6 Å². The number of hydrogen-bond acceptors (Lipinski definition) is 3. The van der Waals surface area contributed by atoms with Gasteiger partial charge in [0.15, 0.2) is 11.6 Å². The molecule has 1 aromatic carbocycles. The Morgan fingerprint density at radius 1 is 1.18 bits per heavy atom. The number of nitrogens with two attached hydrogens (primary N) is 1. The molecule has 1 aliphatic carbocycles. The number of halogens is 2. The molecule has 0 aromatic heterocycles. The monoisotopic (exact) mass is 242 g/mol. The minimum Gasteiger partial charge on any atom is -0.399 e. The van der Waals surface area contributed by atoms with Gasteiger partial charge in [-0.15, -0.1) is 0 Å². The van der Waals surface area contributed by atoms with Gasteiger partial charge in [0, 0.05) is 5.69 Å². The lowest BCUT2D eigenvalue weighted by molar-refractivity contribution is 0.116. The number of aliphatic hydroxyl groups excluding tert-OH is 1. The van der Waals surface area contributed by atoms with Crippen molar-refractivity contribution in [3.05, 3.63) is 23.8 Å². The minimum absolute atomic E-state index is 0.0507. The van der Waals surface area contributed by atoms with Crippen LogP contribution in [0.2, 0.25) is 0 Å². The smallest absolute Gasteiger partial charge is 0.151 e. The van der Waals surface area contributed by atoms with Crippen LogP contribution in [0.1, 0.15) is 25.7 Å².